The number of anilines is 2. The molecule has 0 saturated carbocycles. The van der Waals surface area contributed by atoms with Crippen molar-refractivity contribution in [3.05, 3.63) is 64.2 Å². The number of nitro benzene ring substituents is 1. The molecule has 0 unspecified atom stereocenters. The first kappa shape index (κ1) is 16.9. The van der Waals surface area contributed by atoms with Crippen molar-refractivity contribution in [1.29, 1.82) is 0 Å². The summed E-state index contributed by atoms with van der Waals surface area (Å²) < 4.78 is 5.05. The molecule has 2 aromatic rings. The molecule has 0 spiro atoms. The zero-order valence-electron chi connectivity index (χ0n) is 12.8. The van der Waals surface area contributed by atoms with Gasteiger partial charge in [0.05, 0.1) is 16.2 Å². The third-order valence-corrected chi connectivity index (χ3v) is 3.16. The summed E-state index contributed by atoms with van der Waals surface area (Å²) in [5.74, 6) is -1.34. The molecule has 0 aromatic heterocycles. The fourth-order valence-electron chi connectivity index (χ4n) is 1.89. The molecule has 0 aliphatic heterocycles. The van der Waals surface area contributed by atoms with Crippen LogP contribution in [-0.4, -0.2) is 22.9 Å². The fourth-order valence-corrected chi connectivity index (χ4v) is 1.89. The quantitative estimate of drug-likeness (QED) is 0.375. The zero-order chi connectivity index (χ0) is 17.7. The van der Waals surface area contributed by atoms with E-state index < -0.39 is 22.9 Å². The van der Waals surface area contributed by atoms with E-state index in [0.717, 1.165) is 12.1 Å². The topological polar surface area (TPSA) is 125 Å². The Bertz CT molecular complexity index is 777. The average molecular weight is 329 g/mol. The summed E-state index contributed by atoms with van der Waals surface area (Å²) >= 11 is 0. The molecule has 0 bridgehead atoms. The fraction of sp³-hybridized carbons (Fsp3) is 0.125. The highest BCUT2D eigenvalue weighted by Gasteiger charge is 2.21. The molecule has 2 aromatic carbocycles. The largest absolute Gasteiger partial charge is 0.449 e. The van der Waals surface area contributed by atoms with Crippen LogP contribution >= 0.6 is 0 Å². The van der Waals surface area contributed by atoms with Crippen LogP contribution in [0.1, 0.15) is 17.3 Å². The second-order valence-corrected chi connectivity index (χ2v) is 4.93. The summed E-state index contributed by atoms with van der Waals surface area (Å²) in [6.07, 6.45) is -1.06. The molecule has 8 nitrogen and oxygen atoms in total. The van der Waals surface area contributed by atoms with Gasteiger partial charge in [0, 0.05) is 17.8 Å². The minimum Gasteiger partial charge on any atom is -0.449 e. The van der Waals surface area contributed by atoms with E-state index in [9.17, 15) is 19.7 Å². The number of hydrogen-bond acceptors (Lipinski definition) is 6. The minimum absolute atomic E-state index is 0.0417. The van der Waals surface area contributed by atoms with E-state index >= 15 is 0 Å². The van der Waals surface area contributed by atoms with Crippen molar-refractivity contribution in [2.75, 3.05) is 11.1 Å². The number of nitrogens with one attached hydrogen (secondary N) is 1. The average Bonchev–Trinajstić information content (AvgIpc) is 2.55. The van der Waals surface area contributed by atoms with E-state index in [1.807, 2.05) is 0 Å². The lowest BCUT2D eigenvalue weighted by Crippen LogP contribution is -2.30. The van der Waals surface area contributed by atoms with Crippen LogP contribution < -0.4 is 11.1 Å². The van der Waals surface area contributed by atoms with Crippen LogP contribution in [0.5, 0.6) is 0 Å². The number of ether oxygens (including phenoxy) is 1. The highest BCUT2D eigenvalue weighted by molar-refractivity contribution is 5.99. The molecule has 1 atom stereocenters. The summed E-state index contributed by atoms with van der Waals surface area (Å²) in [5.41, 5.74) is 5.83. The predicted octanol–water partition coefficient (Wildman–Crippen LogP) is 2.36. The van der Waals surface area contributed by atoms with E-state index in [1.165, 1.54) is 13.0 Å². The Hall–Kier alpha value is -3.42. The number of nitrogen functional groups attached to an aromatic ring is 1. The van der Waals surface area contributed by atoms with Gasteiger partial charge in [-0.05, 0) is 25.1 Å². The Kier molecular flexibility index (Phi) is 5.10. The molecule has 8 heteroatoms. The number of nitro groups is 1. The van der Waals surface area contributed by atoms with Gasteiger partial charge in [-0.1, -0.05) is 18.2 Å². The van der Waals surface area contributed by atoms with Gasteiger partial charge in [-0.25, -0.2) is 4.79 Å². The molecule has 24 heavy (non-hydrogen) atoms. The maximum absolute atomic E-state index is 12.1. The third-order valence-electron chi connectivity index (χ3n) is 3.16. The number of carbonyl (C=O) groups is 2. The van der Waals surface area contributed by atoms with Crippen LogP contribution in [0.15, 0.2) is 48.5 Å². The Labute approximate surface area is 137 Å². The van der Waals surface area contributed by atoms with Crippen molar-refractivity contribution in [2.24, 2.45) is 0 Å². The number of carbonyl (C=O) groups excluding carboxylic acids is 2. The molecule has 0 aliphatic rings. The van der Waals surface area contributed by atoms with E-state index in [2.05, 4.69) is 5.32 Å². The van der Waals surface area contributed by atoms with Crippen molar-refractivity contribution in [3.63, 3.8) is 0 Å². The van der Waals surface area contributed by atoms with E-state index in [-0.39, 0.29) is 16.9 Å². The summed E-state index contributed by atoms with van der Waals surface area (Å²) in [4.78, 5) is 34.1. The summed E-state index contributed by atoms with van der Waals surface area (Å²) in [6.45, 7) is 1.41. The first-order chi connectivity index (χ1) is 11.4. The van der Waals surface area contributed by atoms with Crippen molar-refractivity contribution in [1.82, 2.24) is 0 Å². The Morgan fingerprint density at radius 3 is 2.46 bits per heavy atom. The molecular weight excluding hydrogens is 314 g/mol. The van der Waals surface area contributed by atoms with Crippen molar-refractivity contribution >= 4 is 28.9 Å². The van der Waals surface area contributed by atoms with Gasteiger partial charge in [-0.3, -0.25) is 14.9 Å². The molecule has 0 fully saturated rings. The van der Waals surface area contributed by atoms with E-state index in [0.29, 0.717) is 5.69 Å². The Balaban J connectivity index is 2.03. The van der Waals surface area contributed by atoms with E-state index in [4.69, 9.17) is 10.5 Å². The smallest absolute Gasteiger partial charge is 0.341 e. The van der Waals surface area contributed by atoms with Crippen LogP contribution in [0.2, 0.25) is 0 Å². The van der Waals surface area contributed by atoms with Gasteiger partial charge in [0.25, 0.3) is 11.6 Å². The van der Waals surface area contributed by atoms with Crippen molar-refractivity contribution in [3.8, 4) is 0 Å². The number of nitrogens with two attached hydrogens (primary N) is 1. The molecule has 0 saturated heterocycles. The van der Waals surface area contributed by atoms with Crippen LogP contribution in [0.4, 0.5) is 17.1 Å². The number of rotatable bonds is 5. The minimum atomic E-state index is -1.06. The number of non-ortho nitro benzene ring substituents is 1. The van der Waals surface area contributed by atoms with Crippen LogP contribution in [0.3, 0.4) is 0 Å². The number of para-hydroxylation sites is 1. The number of hydrogen-bond donors (Lipinski definition) is 2. The van der Waals surface area contributed by atoms with Crippen LogP contribution in [0.25, 0.3) is 0 Å². The molecule has 0 radical (unpaired) electrons. The highest BCUT2D eigenvalue weighted by atomic mass is 16.6. The molecule has 0 heterocycles. The number of benzene rings is 2. The highest BCUT2D eigenvalue weighted by Crippen LogP contribution is 2.21. The number of nitrogens with zero attached hydrogens (tertiary/aromatic N) is 1. The number of amides is 1. The number of esters is 1. The second-order valence-electron chi connectivity index (χ2n) is 4.93. The van der Waals surface area contributed by atoms with Gasteiger partial charge in [0.1, 0.15) is 0 Å². The predicted molar refractivity (Wildman–Crippen MR) is 87.5 cm³/mol. The van der Waals surface area contributed by atoms with Crippen molar-refractivity contribution < 1.29 is 19.2 Å². The lowest BCUT2D eigenvalue weighted by molar-refractivity contribution is -0.384. The van der Waals surface area contributed by atoms with Crippen LogP contribution in [-0.2, 0) is 9.53 Å². The normalized spacial score (nSPS) is 11.4. The van der Waals surface area contributed by atoms with Crippen LogP contribution in [0, 0.1) is 10.1 Å². The third kappa shape index (κ3) is 4.07. The molecule has 3 N–H and O–H groups in total. The van der Waals surface area contributed by atoms with Crippen molar-refractivity contribution in [2.45, 2.75) is 13.0 Å². The molecular formula is C16H15N3O5. The Morgan fingerprint density at radius 2 is 1.88 bits per heavy atom. The molecule has 0 aliphatic carbocycles. The van der Waals surface area contributed by atoms with Gasteiger partial charge < -0.3 is 15.8 Å². The second kappa shape index (κ2) is 7.23. The van der Waals surface area contributed by atoms with Gasteiger partial charge in [0.15, 0.2) is 6.10 Å². The first-order valence-electron chi connectivity index (χ1n) is 6.99. The SMILES string of the molecule is C[C@H](OC(=O)c1ccc([N+](=O)[O-])cc1N)C(=O)Nc1ccccc1. The summed E-state index contributed by atoms with van der Waals surface area (Å²) in [6, 6.07) is 12.1. The molecule has 124 valence electrons. The zero-order valence-corrected chi connectivity index (χ0v) is 12.8. The maximum Gasteiger partial charge on any atom is 0.341 e. The van der Waals surface area contributed by atoms with Gasteiger partial charge in [0.2, 0.25) is 0 Å². The van der Waals surface area contributed by atoms with Gasteiger partial charge in [-0.15, -0.1) is 0 Å². The lowest BCUT2D eigenvalue weighted by atomic mass is 10.1. The standard InChI is InChI=1S/C16H15N3O5/c1-10(15(20)18-11-5-3-2-4-6-11)24-16(21)13-8-7-12(19(22)23)9-14(13)17/h2-10H,17H2,1H3,(H,18,20)/t10-/m0/s1. The summed E-state index contributed by atoms with van der Waals surface area (Å²) in [7, 11) is 0. The maximum atomic E-state index is 12.1. The first-order valence-corrected chi connectivity index (χ1v) is 6.99. The lowest BCUT2D eigenvalue weighted by Gasteiger charge is -2.14. The Morgan fingerprint density at radius 1 is 1.21 bits per heavy atom. The molecule has 2 rings (SSSR count). The molecule has 1 amide bonds. The van der Waals surface area contributed by atoms with Gasteiger partial charge in [-0.2, -0.15) is 0 Å². The van der Waals surface area contributed by atoms with Gasteiger partial charge >= 0.3 is 5.97 Å². The monoisotopic (exact) mass is 329 g/mol. The summed E-state index contributed by atoms with van der Waals surface area (Å²) in [5, 5.41) is 13.3. The van der Waals surface area contributed by atoms with E-state index in [1.54, 1.807) is 30.3 Å².